The highest BCUT2D eigenvalue weighted by atomic mass is 79.9. The molecule has 1 atom stereocenters. The number of hydrogen-bond donors (Lipinski definition) is 3. The van der Waals surface area contributed by atoms with Crippen molar-refractivity contribution in [3.8, 4) is 0 Å². The van der Waals surface area contributed by atoms with Crippen LogP contribution in [-0.2, 0) is 4.79 Å². The number of halogens is 1. The minimum atomic E-state index is -0.771. The lowest BCUT2D eigenvalue weighted by Crippen LogP contribution is -2.16. The van der Waals surface area contributed by atoms with E-state index >= 15 is 0 Å². The molecule has 0 fully saturated rings. The third-order valence-electron chi connectivity index (χ3n) is 3.06. The standard InChI is InChI=1S/C14H19BrN2O3/c1-9(5-6-12(18)19)7-8-17-11-4-2-3-10(15)13(11)14(16)20/h2-4,9,17H,5-8H2,1H3,(H2,16,20)(H,18,19). The molecule has 20 heavy (non-hydrogen) atoms. The van der Waals surface area contributed by atoms with Gasteiger partial charge in [0.1, 0.15) is 0 Å². The largest absolute Gasteiger partial charge is 0.481 e. The first-order chi connectivity index (χ1) is 9.41. The first kappa shape index (κ1) is 16.5. The molecule has 0 spiro atoms. The summed E-state index contributed by atoms with van der Waals surface area (Å²) in [7, 11) is 0. The summed E-state index contributed by atoms with van der Waals surface area (Å²) in [5.74, 6) is -0.950. The van der Waals surface area contributed by atoms with Crippen molar-refractivity contribution in [2.75, 3.05) is 11.9 Å². The predicted molar refractivity (Wildman–Crippen MR) is 81.8 cm³/mol. The van der Waals surface area contributed by atoms with Crippen LogP contribution in [0.3, 0.4) is 0 Å². The average Bonchev–Trinajstić information content (AvgIpc) is 2.36. The number of hydrogen-bond acceptors (Lipinski definition) is 3. The molecule has 0 radical (unpaired) electrons. The topological polar surface area (TPSA) is 92.4 Å². The number of carbonyl (C=O) groups excluding carboxylic acids is 1. The van der Waals surface area contributed by atoms with Crippen molar-refractivity contribution in [1.82, 2.24) is 0 Å². The summed E-state index contributed by atoms with van der Waals surface area (Å²) in [6.45, 7) is 2.68. The molecule has 0 aliphatic heterocycles. The Morgan fingerprint density at radius 1 is 1.40 bits per heavy atom. The van der Waals surface area contributed by atoms with Gasteiger partial charge in [0.2, 0.25) is 0 Å². The normalized spacial score (nSPS) is 11.9. The molecule has 110 valence electrons. The van der Waals surface area contributed by atoms with E-state index < -0.39 is 11.9 Å². The molecule has 1 rings (SSSR count). The van der Waals surface area contributed by atoms with Gasteiger partial charge in [0.15, 0.2) is 0 Å². The zero-order valence-electron chi connectivity index (χ0n) is 11.4. The Kier molecular flexibility index (Phi) is 6.51. The molecule has 0 saturated carbocycles. The lowest BCUT2D eigenvalue weighted by Gasteiger charge is -2.14. The van der Waals surface area contributed by atoms with Crippen LogP contribution in [0.25, 0.3) is 0 Å². The third kappa shape index (κ3) is 5.21. The molecule has 0 saturated heterocycles. The summed E-state index contributed by atoms with van der Waals surface area (Å²) in [5, 5.41) is 11.8. The number of anilines is 1. The average molecular weight is 343 g/mol. The van der Waals surface area contributed by atoms with Gasteiger partial charge in [0.25, 0.3) is 5.91 Å². The monoisotopic (exact) mass is 342 g/mol. The van der Waals surface area contributed by atoms with Crippen LogP contribution in [0.15, 0.2) is 22.7 Å². The summed E-state index contributed by atoms with van der Waals surface area (Å²) in [4.78, 5) is 21.9. The van der Waals surface area contributed by atoms with Crippen LogP contribution in [-0.4, -0.2) is 23.5 Å². The van der Waals surface area contributed by atoms with Gasteiger partial charge < -0.3 is 16.2 Å². The Labute approximate surface area is 126 Å². The number of carbonyl (C=O) groups is 2. The molecule has 0 aliphatic carbocycles. The number of aliphatic carboxylic acids is 1. The number of carboxylic acids is 1. The summed E-state index contributed by atoms with van der Waals surface area (Å²) >= 11 is 3.30. The fourth-order valence-electron chi connectivity index (χ4n) is 1.89. The Hall–Kier alpha value is -1.56. The van der Waals surface area contributed by atoms with Crippen molar-refractivity contribution in [2.24, 2.45) is 11.7 Å². The third-order valence-corrected chi connectivity index (χ3v) is 3.72. The van der Waals surface area contributed by atoms with E-state index in [1.807, 2.05) is 13.0 Å². The molecule has 0 heterocycles. The molecule has 0 bridgehead atoms. The van der Waals surface area contributed by atoms with Crippen LogP contribution in [0.2, 0.25) is 0 Å². The van der Waals surface area contributed by atoms with Gasteiger partial charge in [-0.15, -0.1) is 0 Å². The van der Waals surface area contributed by atoms with Gasteiger partial charge in [-0.1, -0.05) is 13.0 Å². The smallest absolute Gasteiger partial charge is 0.303 e. The van der Waals surface area contributed by atoms with E-state index in [1.165, 1.54) is 0 Å². The van der Waals surface area contributed by atoms with Crippen LogP contribution in [0.1, 0.15) is 36.5 Å². The van der Waals surface area contributed by atoms with Crippen LogP contribution in [0.5, 0.6) is 0 Å². The van der Waals surface area contributed by atoms with Crippen molar-refractivity contribution in [3.05, 3.63) is 28.2 Å². The van der Waals surface area contributed by atoms with Crippen LogP contribution in [0.4, 0.5) is 5.69 Å². The maximum absolute atomic E-state index is 11.4. The Morgan fingerprint density at radius 3 is 2.70 bits per heavy atom. The zero-order valence-corrected chi connectivity index (χ0v) is 12.9. The molecule has 4 N–H and O–H groups in total. The van der Waals surface area contributed by atoms with Crippen LogP contribution in [0, 0.1) is 5.92 Å². The van der Waals surface area contributed by atoms with Gasteiger partial charge in [-0.25, -0.2) is 0 Å². The van der Waals surface area contributed by atoms with E-state index in [9.17, 15) is 9.59 Å². The molecule has 0 aromatic heterocycles. The number of carboxylic acid groups (broad SMARTS) is 1. The highest BCUT2D eigenvalue weighted by molar-refractivity contribution is 9.10. The fourth-order valence-corrected chi connectivity index (χ4v) is 2.45. The van der Waals surface area contributed by atoms with E-state index in [1.54, 1.807) is 12.1 Å². The molecule has 5 nitrogen and oxygen atoms in total. The summed E-state index contributed by atoms with van der Waals surface area (Å²) in [6, 6.07) is 5.39. The summed E-state index contributed by atoms with van der Waals surface area (Å²) < 4.78 is 0.661. The van der Waals surface area contributed by atoms with Crippen LogP contribution >= 0.6 is 15.9 Å². The molecular formula is C14H19BrN2O3. The number of amides is 1. The van der Waals surface area contributed by atoms with E-state index in [0.717, 1.165) is 6.42 Å². The van der Waals surface area contributed by atoms with Crippen LogP contribution < -0.4 is 11.1 Å². The number of rotatable bonds is 8. The summed E-state index contributed by atoms with van der Waals surface area (Å²) in [6.07, 6.45) is 1.67. The van der Waals surface area contributed by atoms with E-state index in [-0.39, 0.29) is 6.42 Å². The highest BCUT2D eigenvalue weighted by Crippen LogP contribution is 2.24. The lowest BCUT2D eigenvalue weighted by atomic mass is 10.0. The number of nitrogens with two attached hydrogens (primary N) is 1. The molecule has 1 aromatic rings. The lowest BCUT2D eigenvalue weighted by molar-refractivity contribution is -0.137. The highest BCUT2D eigenvalue weighted by Gasteiger charge is 2.12. The Morgan fingerprint density at radius 2 is 2.10 bits per heavy atom. The second kappa shape index (κ2) is 7.89. The van der Waals surface area contributed by atoms with Gasteiger partial charge in [0.05, 0.1) is 5.56 Å². The molecule has 1 aromatic carbocycles. The minimum absolute atomic E-state index is 0.185. The molecule has 0 aliphatic rings. The van der Waals surface area contributed by atoms with Crippen molar-refractivity contribution in [1.29, 1.82) is 0 Å². The Balaban J connectivity index is 2.52. The van der Waals surface area contributed by atoms with Crippen molar-refractivity contribution in [3.63, 3.8) is 0 Å². The molecule has 6 heteroatoms. The van der Waals surface area contributed by atoms with Gasteiger partial charge >= 0.3 is 5.97 Å². The molecular weight excluding hydrogens is 324 g/mol. The second-order valence-electron chi connectivity index (χ2n) is 4.78. The summed E-state index contributed by atoms with van der Waals surface area (Å²) in [5.41, 5.74) is 6.48. The maximum Gasteiger partial charge on any atom is 0.303 e. The van der Waals surface area contributed by atoms with Gasteiger partial charge in [0, 0.05) is 23.1 Å². The van der Waals surface area contributed by atoms with E-state index in [2.05, 4.69) is 21.2 Å². The van der Waals surface area contributed by atoms with Gasteiger partial charge in [-0.05, 0) is 46.8 Å². The van der Waals surface area contributed by atoms with Crippen molar-refractivity contribution < 1.29 is 14.7 Å². The number of primary amides is 1. The predicted octanol–water partition coefficient (Wildman–Crippen LogP) is 2.85. The van der Waals surface area contributed by atoms with E-state index in [0.29, 0.717) is 34.6 Å². The Bertz CT molecular complexity index is 491. The first-order valence-corrected chi connectivity index (χ1v) is 7.25. The van der Waals surface area contributed by atoms with E-state index in [4.69, 9.17) is 10.8 Å². The number of nitrogens with one attached hydrogen (secondary N) is 1. The number of benzene rings is 1. The molecule has 1 unspecified atom stereocenters. The first-order valence-electron chi connectivity index (χ1n) is 6.45. The van der Waals surface area contributed by atoms with Gasteiger partial charge in [-0.2, -0.15) is 0 Å². The second-order valence-corrected chi connectivity index (χ2v) is 5.63. The van der Waals surface area contributed by atoms with Crippen molar-refractivity contribution >= 4 is 33.5 Å². The van der Waals surface area contributed by atoms with Gasteiger partial charge in [-0.3, -0.25) is 9.59 Å². The van der Waals surface area contributed by atoms with Crippen molar-refractivity contribution in [2.45, 2.75) is 26.2 Å². The zero-order chi connectivity index (χ0) is 15.1. The maximum atomic E-state index is 11.4. The quantitative estimate of drug-likeness (QED) is 0.677. The molecule has 1 amide bonds. The minimum Gasteiger partial charge on any atom is -0.481 e. The fraction of sp³-hybridized carbons (Fsp3) is 0.429. The SMILES string of the molecule is CC(CCNc1cccc(Br)c1C(N)=O)CCC(=O)O.